The minimum absolute atomic E-state index is 0.0688. The summed E-state index contributed by atoms with van der Waals surface area (Å²) < 4.78 is 5.86. The van der Waals surface area contributed by atoms with Gasteiger partial charge in [-0.15, -0.1) is 0 Å². The molecule has 2 N–H and O–H groups in total. The van der Waals surface area contributed by atoms with Crippen LogP contribution >= 0.6 is 11.8 Å². The minimum atomic E-state index is -0.296. The van der Waals surface area contributed by atoms with E-state index in [-0.39, 0.29) is 17.2 Å². The Hall–Kier alpha value is -3.76. The number of carbonyl (C=O) groups is 1. The second kappa shape index (κ2) is 8.31. The lowest BCUT2D eigenvalue weighted by Gasteiger charge is -2.07. The van der Waals surface area contributed by atoms with Gasteiger partial charge < -0.3 is 14.7 Å². The van der Waals surface area contributed by atoms with E-state index in [0.29, 0.717) is 21.8 Å². The van der Waals surface area contributed by atoms with E-state index >= 15 is 0 Å². The van der Waals surface area contributed by atoms with Crippen molar-refractivity contribution in [1.82, 2.24) is 4.98 Å². The molecule has 4 rings (SSSR count). The normalized spacial score (nSPS) is 10.7. The molecule has 7 heteroatoms. The van der Waals surface area contributed by atoms with Crippen LogP contribution in [0.15, 0.2) is 74.9 Å². The molecule has 0 unspecified atom stereocenters. The van der Waals surface area contributed by atoms with Crippen LogP contribution in [0.2, 0.25) is 0 Å². The molecule has 0 aliphatic carbocycles. The first kappa shape index (κ1) is 19.6. The van der Waals surface area contributed by atoms with Crippen LogP contribution in [0.3, 0.4) is 0 Å². The van der Waals surface area contributed by atoms with Gasteiger partial charge in [-0.2, -0.15) is 5.26 Å². The molecule has 0 radical (unpaired) electrons. The first-order valence-electron chi connectivity index (χ1n) is 9.19. The average molecular weight is 415 g/mol. The number of aryl methyl sites for hydroxylation is 1. The zero-order valence-corrected chi connectivity index (χ0v) is 16.9. The van der Waals surface area contributed by atoms with Crippen molar-refractivity contribution in [2.45, 2.75) is 11.9 Å². The van der Waals surface area contributed by atoms with E-state index in [1.807, 2.05) is 42.5 Å². The average Bonchev–Trinajstić information content (AvgIpc) is 3.17. The lowest BCUT2D eigenvalue weighted by molar-refractivity contribution is -0.113. The molecule has 6 nitrogen and oxygen atoms in total. The van der Waals surface area contributed by atoms with Gasteiger partial charge in [0.15, 0.2) is 0 Å². The maximum absolute atomic E-state index is 12.3. The van der Waals surface area contributed by atoms with Crippen LogP contribution in [0.5, 0.6) is 0 Å². The van der Waals surface area contributed by atoms with Crippen LogP contribution in [0.4, 0.5) is 5.69 Å². The lowest BCUT2D eigenvalue weighted by atomic mass is 10.1. The number of para-hydroxylation sites is 1. The van der Waals surface area contributed by atoms with E-state index < -0.39 is 0 Å². The number of nitrogens with one attached hydrogen (secondary N) is 2. The van der Waals surface area contributed by atoms with Gasteiger partial charge in [0.2, 0.25) is 11.5 Å². The molecule has 0 fully saturated rings. The Labute approximate surface area is 176 Å². The highest BCUT2D eigenvalue weighted by Gasteiger charge is 2.11. The molecule has 2 aromatic carbocycles. The SMILES string of the molecule is Cc1cc(=O)[nH]c(SCC(=O)Nc2ccc(-c3cc4ccccc4o3)cc2)c1C#N. The van der Waals surface area contributed by atoms with E-state index in [0.717, 1.165) is 34.1 Å². The number of carbonyl (C=O) groups excluding carboxylic acids is 1. The Kier molecular flexibility index (Phi) is 5.42. The van der Waals surface area contributed by atoms with E-state index in [1.165, 1.54) is 6.07 Å². The number of rotatable bonds is 5. The number of aromatic nitrogens is 1. The fourth-order valence-corrected chi connectivity index (χ4v) is 3.95. The fourth-order valence-electron chi connectivity index (χ4n) is 3.08. The van der Waals surface area contributed by atoms with Crippen LogP contribution in [-0.4, -0.2) is 16.6 Å². The summed E-state index contributed by atoms with van der Waals surface area (Å²) in [6.45, 7) is 1.70. The van der Waals surface area contributed by atoms with E-state index in [1.54, 1.807) is 19.1 Å². The second-order valence-electron chi connectivity index (χ2n) is 6.70. The highest BCUT2D eigenvalue weighted by Crippen LogP contribution is 2.28. The molecule has 2 heterocycles. The van der Waals surface area contributed by atoms with E-state index in [4.69, 9.17) is 4.42 Å². The van der Waals surface area contributed by atoms with Crippen LogP contribution in [0.25, 0.3) is 22.3 Å². The van der Waals surface area contributed by atoms with Crippen LogP contribution in [0, 0.1) is 18.3 Å². The van der Waals surface area contributed by atoms with Gasteiger partial charge in [-0.1, -0.05) is 30.0 Å². The largest absolute Gasteiger partial charge is 0.456 e. The number of furan rings is 1. The summed E-state index contributed by atoms with van der Waals surface area (Å²) in [7, 11) is 0. The Bertz CT molecular complexity index is 1300. The third-order valence-electron chi connectivity index (χ3n) is 4.54. The third-order valence-corrected chi connectivity index (χ3v) is 5.55. The van der Waals surface area contributed by atoms with Crippen molar-refractivity contribution in [1.29, 1.82) is 5.26 Å². The summed E-state index contributed by atoms with van der Waals surface area (Å²) in [4.78, 5) is 26.6. The van der Waals surface area contributed by atoms with Gasteiger partial charge in [-0.05, 0) is 48.9 Å². The molecular formula is C23H17N3O3S. The number of hydrogen-bond donors (Lipinski definition) is 2. The topological polar surface area (TPSA) is 98.9 Å². The number of H-pyrrole nitrogens is 1. The van der Waals surface area contributed by atoms with Crippen molar-refractivity contribution in [2.75, 3.05) is 11.1 Å². The summed E-state index contributed by atoms with van der Waals surface area (Å²) in [5.41, 5.74) is 3.06. The number of nitriles is 1. The van der Waals surface area contributed by atoms with Gasteiger partial charge >= 0.3 is 0 Å². The molecule has 2 aromatic heterocycles. The summed E-state index contributed by atoms with van der Waals surface area (Å²) in [6, 6.07) is 20.6. The second-order valence-corrected chi connectivity index (χ2v) is 7.68. The summed E-state index contributed by atoms with van der Waals surface area (Å²) >= 11 is 1.12. The molecule has 0 aliphatic rings. The van der Waals surface area contributed by atoms with Gasteiger partial charge in [0, 0.05) is 22.7 Å². The van der Waals surface area contributed by atoms with Gasteiger partial charge in [-0.25, -0.2) is 0 Å². The molecule has 1 amide bonds. The Morgan fingerprint density at radius 1 is 1.17 bits per heavy atom. The van der Waals surface area contributed by atoms with Crippen molar-refractivity contribution >= 4 is 34.3 Å². The molecule has 0 saturated carbocycles. The van der Waals surface area contributed by atoms with E-state index in [2.05, 4.69) is 16.4 Å². The monoisotopic (exact) mass is 415 g/mol. The van der Waals surface area contributed by atoms with Crippen LogP contribution in [-0.2, 0) is 4.79 Å². The van der Waals surface area contributed by atoms with Crippen molar-refractivity contribution < 1.29 is 9.21 Å². The highest BCUT2D eigenvalue weighted by atomic mass is 32.2. The number of fused-ring (bicyclic) bond motifs is 1. The quantitative estimate of drug-likeness (QED) is 0.460. The Balaban J connectivity index is 1.42. The zero-order chi connectivity index (χ0) is 21.1. The lowest BCUT2D eigenvalue weighted by Crippen LogP contribution is -2.15. The number of thioether (sulfide) groups is 1. The molecular weight excluding hydrogens is 398 g/mol. The number of anilines is 1. The number of amides is 1. The molecule has 0 atom stereocenters. The van der Waals surface area contributed by atoms with Crippen LogP contribution < -0.4 is 10.9 Å². The van der Waals surface area contributed by atoms with Crippen molar-refractivity contribution in [3.8, 4) is 17.4 Å². The predicted octanol–water partition coefficient (Wildman–Crippen LogP) is 4.70. The third kappa shape index (κ3) is 4.14. The molecule has 0 aliphatic heterocycles. The Morgan fingerprint density at radius 2 is 1.93 bits per heavy atom. The van der Waals surface area contributed by atoms with Gasteiger partial charge in [0.05, 0.1) is 16.3 Å². The summed E-state index contributed by atoms with van der Waals surface area (Å²) in [6.07, 6.45) is 0. The highest BCUT2D eigenvalue weighted by molar-refractivity contribution is 8.00. The maximum Gasteiger partial charge on any atom is 0.249 e. The minimum Gasteiger partial charge on any atom is -0.456 e. The standard InChI is InChI=1S/C23H17N3O3S/c1-14-10-21(27)26-23(18(14)12-24)30-13-22(28)25-17-8-6-15(7-9-17)20-11-16-4-2-3-5-19(16)29-20/h2-11H,13H2,1H3,(H,25,28)(H,26,27). The van der Waals surface area contributed by atoms with E-state index in [9.17, 15) is 14.9 Å². The molecule has 0 bridgehead atoms. The fraction of sp³-hybridized carbons (Fsp3) is 0.0870. The predicted molar refractivity (Wildman–Crippen MR) is 118 cm³/mol. The smallest absolute Gasteiger partial charge is 0.249 e. The maximum atomic E-state index is 12.3. The zero-order valence-electron chi connectivity index (χ0n) is 16.1. The number of pyridine rings is 1. The molecule has 4 aromatic rings. The van der Waals surface area contributed by atoms with Crippen molar-refractivity contribution in [2.24, 2.45) is 0 Å². The van der Waals surface area contributed by atoms with Gasteiger partial charge in [-0.3, -0.25) is 9.59 Å². The molecule has 148 valence electrons. The molecule has 0 saturated heterocycles. The first-order valence-corrected chi connectivity index (χ1v) is 10.2. The van der Waals surface area contributed by atoms with Crippen LogP contribution in [0.1, 0.15) is 11.1 Å². The van der Waals surface area contributed by atoms with Gasteiger partial charge in [0.25, 0.3) is 0 Å². The van der Waals surface area contributed by atoms with Gasteiger partial charge in [0.1, 0.15) is 17.4 Å². The summed E-state index contributed by atoms with van der Waals surface area (Å²) in [5, 5.41) is 13.5. The molecule has 30 heavy (non-hydrogen) atoms. The number of aromatic amines is 1. The number of hydrogen-bond acceptors (Lipinski definition) is 5. The first-order chi connectivity index (χ1) is 14.5. The van der Waals surface area contributed by atoms with Crippen molar-refractivity contribution in [3.63, 3.8) is 0 Å². The molecule has 0 spiro atoms. The Morgan fingerprint density at radius 3 is 2.67 bits per heavy atom. The summed E-state index contributed by atoms with van der Waals surface area (Å²) in [5.74, 6) is 0.596. The number of benzene rings is 2. The number of nitrogens with zero attached hydrogens (tertiary/aromatic N) is 1. The van der Waals surface area contributed by atoms with Crippen molar-refractivity contribution in [3.05, 3.63) is 82.1 Å².